The fourth-order valence-corrected chi connectivity index (χ4v) is 2.12. The van der Waals surface area contributed by atoms with Gasteiger partial charge in [-0.2, -0.15) is 0 Å². The molecule has 0 aliphatic carbocycles. The van der Waals surface area contributed by atoms with Crippen molar-refractivity contribution in [2.24, 2.45) is 5.92 Å². The molecule has 1 atom stereocenters. The number of nitrogens with one attached hydrogen (secondary N) is 1. The lowest BCUT2D eigenvalue weighted by Crippen LogP contribution is -2.32. The molecule has 0 spiro atoms. The average molecular weight is 259 g/mol. The molecule has 1 N–H and O–H groups in total. The number of hydrogen-bond donors (Lipinski definition) is 1. The summed E-state index contributed by atoms with van der Waals surface area (Å²) in [6.07, 6.45) is 1.41. The van der Waals surface area contributed by atoms with E-state index >= 15 is 0 Å². The Morgan fingerprint density at radius 1 is 1.26 bits per heavy atom. The van der Waals surface area contributed by atoms with Gasteiger partial charge in [0.1, 0.15) is 0 Å². The van der Waals surface area contributed by atoms with Gasteiger partial charge in [-0.3, -0.25) is 4.79 Å². The number of rotatable bonds is 5. The third kappa shape index (κ3) is 3.41. The summed E-state index contributed by atoms with van der Waals surface area (Å²) in [6.45, 7) is 8.01. The van der Waals surface area contributed by atoms with Crippen LogP contribution in [0.4, 0.5) is 0 Å². The molecule has 19 heavy (non-hydrogen) atoms. The normalized spacial score (nSPS) is 13.1. The summed E-state index contributed by atoms with van der Waals surface area (Å²) in [5.74, 6) is 0.394. The zero-order chi connectivity index (χ0) is 13.8. The summed E-state index contributed by atoms with van der Waals surface area (Å²) in [4.78, 5) is 16.2. The van der Waals surface area contributed by atoms with E-state index in [4.69, 9.17) is 0 Å². The van der Waals surface area contributed by atoms with Crippen LogP contribution >= 0.6 is 0 Å². The summed E-state index contributed by atoms with van der Waals surface area (Å²) in [6, 6.07) is 8.23. The Balaban J connectivity index is 2.24. The van der Waals surface area contributed by atoms with Crippen molar-refractivity contribution in [1.29, 1.82) is 0 Å². The van der Waals surface area contributed by atoms with Crippen LogP contribution in [0.2, 0.25) is 0 Å². The summed E-state index contributed by atoms with van der Waals surface area (Å²) in [5.41, 5.74) is 1.74. The number of nitrogens with zero attached hydrogens (tertiary/aromatic N) is 2. The van der Waals surface area contributed by atoms with Crippen molar-refractivity contribution in [2.45, 2.75) is 33.4 Å². The molecule has 1 unspecified atom stereocenters. The molecule has 2 rings (SSSR count). The van der Waals surface area contributed by atoms with Crippen LogP contribution in [-0.2, 0) is 6.54 Å². The van der Waals surface area contributed by atoms with Crippen LogP contribution in [0, 0.1) is 5.92 Å². The van der Waals surface area contributed by atoms with Crippen molar-refractivity contribution in [3.05, 3.63) is 40.8 Å². The Morgan fingerprint density at radius 2 is 2.00 bits per heavy atom. The zero-order valence-corrected chi connectivity index (χ0v) is 11.8. The second-order valence-corrected chi connectivity index (χ2v) is 5.36. The van der Waals surface area contributed by atoms with Gasteiger partial charge in [0.2, 0.25) is 0 Å². The number of para-hydroxylation sites is 2. The molecule has 0 aliphatic heterocycles. The first-order valence-electron chi connectivity index (χ1n) is 6.76. The highest BCUT2D eigenvalue weighted by molar-refractivity contribution is 5.74. The van der Waals surface area contributed by atoms with E-state index in [1.165, 1.54) is 6.20 Å². The summed E-state index contributed by atoms with van der Waals surface area (Å²) in [7, 11) is 0. The molecule has 4 nitrogen and oxygen atoms in total. The minimum absolute atomic E-state index is 0.0323. The van der Waals surface area contributed by atoms with E-state index < -0.39 is 0 Å². The predicted molar refractivity (Wildman–Crippen MR) is 78.3 cm³/mol. The summed E-state index contributed by atoms with van der Waals surface area (Å²) < 4.78 is 1.81. The SMILES string of the molecule is CC(CNC(C)C)Cn1c(=O)cnc2ccccc21. The zero-order valence-electron chi connectivity index (χ0n) is 11.8. The molecule has 0 fully saturated rings. The molecule has 0 saturated heterocycles. The Labute approximate surface area is 113 Å². The second kappa shape index (κ2) is 5.97. The Kier molecular flexibility index (Phi) is 4.32. The van der Waals surface area contributed by atoms with Gasteiger partial charge in [-0.1, -0.05) is 32.9 Å². The van der Waals surface area contributed by atoms with Crippen molar-refractivity contribution >= 4 is 11.0 Å². The molecule has 2 aromatic rings. The van der Waals surface area contributed by atoms with Gasteiger partial charge in [0.05, 0.1) is 17.2 Å². The van der Waals surface area contributed by atoms with Gasteiger partial charge >= 0.3 is 0 Å². The van der Waals surface area contributed by atoms with E-state index in [1.807, 2.05) is 28.8 Å². The van der Waals surface area contributed by atoms with Crippen LogP contribution in [0.15, 0.2) is 35.3 Å². The fraction of sp³-hybridized carbons (Fsp3) is 0.467. The van der Waals surface area contributed by atoms with E-state index in [-0.39, 0.29) is 5.56 Å². The topological polar surface area (TPSA) is 46.9 Å². The largest absolute Gasteiger partial charge is 0.314 e. The highest BCUT2D eigenvalue weighted by Gasteiger charge is 2.08. The molecule has 0 amide bonds. The van der Waals surface area contributed by atoms with E-state index in [9.17, 15) is 4.79 Å². The van der Waals surface area contributed by atoms with Crippen LogP contribution in [0.5, 0.6) is 0 Å². The Bertz CT molecular complexity index is 604. The van der Waals surface area contributed by atoms with Crippen LogP contribution in [0.3, 0.4) is 0 Å². The quantitative estimate of drug-likeness (QED) is 0.893. The van der Waals surface area contributed by atoms with Gasteiger partial charge in [-0.05, 0) is 24.6 Å². The molecule has 4 heteroatoms. The second-order valence-electron chi connectivity index (χ2n) is 5.36. The van der Waals surface area contributed by atoms with Crippen molar-refractivity contribution in [3.63, 3.8) is 0 Å². The van der Waals surface area contributed by atoms with Crippen LogP contribution < -0.4 is 10.9 Å². The number of hydrogen-bond acceptors (Lipinski definition) is 3. The van der Waals surface area contributed by atoms with Crippen LogP contribution in [0.1, 0.15) is 20.8 Å². The van der Waals surface area contributed by atoms with Crippen molar-refractivity contribution < 1.29 is 0 Å². The standard InChI is InChI=1S/C15H21N3O/c1-11(2)16-8-12(3)10-18-14-7-5-4-6-13(14)17-9-15(18)19/h4-7,9,11-12,16H,8,10H2,1-3H3. The Morgan fingerprint density at radius 3 is 2.74 bits per heavy atom. The van der Waals surface area contributed by atoms with Gasteiger partial charge in [0, 0.05) is 12.6 Å². The lowest BCUT2D eigenvalue weighted by atomic mass is 10.1. The monoisotopic (exact) mass is 259 g/mol. The van der Waals surface area contributed by atoms with Gasteiger partial charge in [-0.25, -0.2) is 4.98 Å². The van der Waals surface area contributed by atoms with Crippen molar-refractivity contribution in [3.8, 4) is 0 Å². The lowest BCUT2D eigenvalue weighted by Gasteiger charge is -2.17. The maximum Gasteiger partial charge on any atom is 0.269 e. The number of fused-ring (bicyclic) bond motifs is 1. The van der Waals surface area contributed by atoms with E-state index in [2.05, 4.69) is 31.1 Å². The van der Waals surface area contributed by atoms with Gasteiger partial charge < -0.3 is 9.88 Å². The number of benzene rings is 1. The first-order valence-corrected chi connectivity index (χ1v) is 6.76. The third-order valence-corrected chi connectivity index (χ3v) is 3.12. The van der Waals surface area contributed by atoms with Gasteiger partial charge in [0.15, 0.2) is 0 Å². The number of aromatic nitrogens is 2. The van der Waals surface area contributed by atoms with Crippen LogP contribution in [0.25, 0.3) is 11.0 Å². The molecule has 1 aromatic heterocycles. The molecule has 1 heterocycles. The van der Waals surface area contributed by atoms with Gasteiger partial charge in [0.25, 0.3) is 5.56 Å². The van der Waals surface area contributed by atoms with Crippen molar-refractivity contribution in [1.82, 2.24) is 14.9 Å². The molecule has 1 aromatic carbocycles. The highest BCUT2D eigenvalue weighted by atomic mass is 16.1. The fourth-order valence-electron chi connectivity index (χ4n) is 2.12. The predicted octanol–water partition coefficient (Wildman–Crippen LogP) is 2.03. The highest BCUT2D eigenvalue weighted by Crippen LogP contribution is 2.10. The van der Waals surface area contributed by atoms with Gasteiger partial charge in [-0.15, -0.1) is 0 Å². The Hall–Kier alpha value is -1.68. The molecular formula is C15H21N3O. The third-order valence-electron chi connectivity index (χ3n) is 3.12. The van der Waals surface area contributed by atoms with Crippen molar-refractivity contribution in [2.75, 3.05) is 6.54 Å². The smallest absolute Gasteiger partial charge is 0.269 e. The average Bonchev–Trinajstić information content (AvgIpc) is 2.40. The lowest BCUT2D eigenvalue weighted by molar-refractivity contribution is 0.425. The summed E-state index contributed by atoms with van der Waals surface area (Å²) in [5, 5.41) is 3.40. The van der Waals surface area contributed by atoms with E-state index in [0.29, 0.717) is 18.5 Å². The molecule has 0 bridgehead atoms. The maximum absolute atomic E-state index is 12.0. The maximum atomic E-state index is 12.0. The van der Waals surface area contributed by atoms with E-state index in [1.54, 1.807) is 0 Å². The molecular weight excluding hydrogens is 238 g/mol. The van der Waals surface area contributed by atoms with Crippen LogP contribution in [-0.4, -0.2) is 22.1 Å². The first kappa shape index (κ1) is 13.7. The molecule has 0 radical (unpaired) electrons. The summed E-state index contributed by atoms with van der Waals surface area (Å²) >= 11 is 0. The molecule has 0 aliphatic rings. The molecule has 0 saturated carbocycles. The first-order chi connectivity index (χ1) is 9.08. The minimum Gasteiger partial charge on any atom is -0.314 e. The molecule has 102 valence electrons. The van der Waals surface area contributed by atoms with E-state index in [0.717, 1.165) is 17.6 Å². The minimum atomic E-state index is -0.0323.